The average Bonchev–Trinajstić information content (AvgIpc) is 3.40. The van der Waals surface area contributed by atoms with Crippen molar-refractivity contribution in [3.63, 3.8) is 0 Å². The van der Waals surface area contributed by atoms with Crippen LogP contribution in [-0.4, -0.2) is 24.1 Å². The maximum Gasteiger partial charge on any atom is 0.384 e. The zero-order valence-corrected chi connectivity index (χ0v) is 19.2. The highest BCUT2D eigenvalue weighted by Gasteiger charge is 2.62. The molecule has 4 aliphatic rings. The maximum atomic E-state index is 12.2. The number of hydrogen-bond acceptors (Lipinski definition) is 4. The van der Waals surface area contributed by atoms with Crippen molar-refractivity contribution < 1.29 is 19.1 Å². The number of ether oxygens (including phenoxy) is 2. The van der Waals surface area contributed by atoms with E-state index in [1.807, 2.05) is 0 Å². The Morgan fingerprint density at radius 2 is 1.27 bits per heavy atom. The molecule has 0 aromatic carbocycles. The van der Waals surface area contributed by atoms with E-state index in [2.05, 4.69) is 53.4 Å². The Hall–Kier alpha value is -1.76. The van der Waals surface area contributed by atoms with Gasteiger partial charge in [-0.2, -0.15) is 0 Å². The van der Waals surface area contributed by atoms with Gasteiger partial charge in [0.15, 0.2) is 0 Å². The molecule has 0 radical (unpaired) electrons. The lowest BCUT2D eigenvalue weighted by Gasteiger charge is -2.27. The van der Waals surface area contributed by atoms with Crippen LogP contribution in [0, 0.1) is 58.2 Å². The lowest BCUT2D eigenvalue weighted by atomic mass is 9.88. The molecule has 0 aromatic rings. The smallest absolute Gasteiger partial charge is 0.384 e. The van der Waals surface area contributed by atoms with Crippen molar-refractivity contribution in [3.8, 4) is 11.8 Å². The van der Waals surface area contributed by atoms with Crippen molar-refractivity contribution in [1.29, 1.82) is 0 Å². The van der Waals surface area contributed by atoms with Crippen LogP contribution in [0.25, 0.3) is 0 Å². The zero-order chi connectivity index (χ0) is 21.8. The molecule has 0 amide bonds. The molecule has 0 aliphatic heterocycles. The predicted molar refractivity (Wildman–Crippen MR) is 115 cm³/mol. The van der Waals surface area contributed by atoms with Gasteiger partial charge in [-0.05, 0) is 78.1 Å². The molecular weight excluding hydrogens is 376 g/mol. The minimum Gasteiger partial charge on any atom is -0.459 e. The second kappa shape index (κ2) is 7.43. The molecule has 0 heterocycles. The summed E-state index contributed by atoms with van der Waals surface area (Å²) in [6, 6.07) is 0. The summed E-state index contributed by atoms with van der Waals surface area (Å²) in [5.41, 5.74) is 0.777. The van der Waals surface area contributed by atoms with E-state index in [0.717, 1.165) is 37.5 Å². The molecule has 4 saturated carbocycles. The fourth-order valence-corrected chi connectivity index (χ4v) is 6.55. The van der Waals surface area contributed by atoms with Gasteiger partial charge in [0.25, 0.3) is 0 Å². The third-order valence-electron chi connectivity index (χ3n) is 9.07. The van der Waals surface area contributed by atoms with Crippen molar-refractivity contribution in [1.82, 2.24) is 0 Å². The van der Waals surface area contributed by atoms with Gasteiger partial charge in [-0.15, -0.1) is 0 Å². The van der Waals surface area contributed by atoms with Crippen LogP contribution in [0.1, 0.15) is 67.2 Å². The van der Waals surface area contributed by atoms with Crippen LogP contribution in [0.5, 0.6) is 0 Å². The molecule has 4 rings (SSSR count). The quantitative estimate of drug-likeness (QED) is 0.290. The Labute approximate surface area is 181 Å². The van der Waals surface area contributed by atoms with Crippen LogP contribution in [0.3, 0.4) is 0 Å². The molecule has 4 unspecified atom stereocenters. The summed E-state index contributed by atoms with van der Waals surface area (Å²) >= 11 is 0. The fraction of sp³-hybridized carbons (Fsp3) is 0.769. The Morgan fingerprint density at radius 1 is 0.800 bits per heavy atom. The molecule has 0 saturated heterocycles. The number of hydrogen-bond donors (Lipinski definition) is 0. The van der Waals surface area contributed by atoms with E-state index in [-0.39, 0.29) is 18.2 Å². The summed E-state index contributed by atoms with van der Waals surface area (Å²) in [6.45, 7) is 13.6. The number of esters is 2. The fourth-order valence-electron chi connectivity index (χ4n) is 6.55. The molecule has 0 bridgehead atoms. The van der Waals surface area contributed by atoms with E-state index >= 15 is 0 Å². The van der Waals surface area contributed by atoms with Crippen LogP contribution in [0.4, 0.5) is 0 Å². The normalized spacial score (nSPS) is 42.2. The van der Waals surface area contributed by atoms with Gasteiger partial charge in [0, 0.05) is 12.0 Å². The Balaban J connectivity index is 1.22. The number of rotatable bonds is 3. The lowest BCUT2D eigenvalue weighted by Crippen LogP contribution is -2.29. The van der Waals surface area contributed by atoms with Gasteiger partial charge in [0.1, 0.15) is 12.2 Å². The van der Waals surface area contributed by atoms with Gasteiger partial charge in [0.05, 0.1) is 0 Å². The summed E-state index contributed by atoms with van der Waals surface area (Å²) in [7, 11) is 0. The van der Waals surface area contributed by atoms with Gasteiger partial charge >= 0.3 is 11.9 Å². The molecule has 0 spiro atoms. The second-order valence-electron chi connectivity index (χ2n) is 11.5. The van der Waals surface area contributed by atoms with Crippen molar-refractivity contribution in [2.45, 2.75) is 79.4 Å². The standard InChI is InChI=1S/C26H36O4/c1-15-11-17-19(25(17,3)4)13-21(15)29-23(27)9-7-8-10-24(28)30-22-14-20-18(12-16(22)2)26(20,5)6/h7,9,15-22H,11-14H2,1-6H3/b9-7+/t15-,16-,17?,18?,19?,20?,21-,22-/m1/s1. The first-order valence-corrected chi connectivity index (χ1v) is 11.6. The average molecular weight is 413 g/mol. The van der Waals surface area contributed by atoms with E-state index < -0.39 is 5.97 Å². The molecule has 0 aromatic heterocycles. The van der Waals surface area contributed by atoms with Crippen LogP contribution in [-0.2, 0) is 19.1 Å². The Kier molecular flexibility index (Phi) is 5.32. The Morgan fingerprint density at radius 3 is 1.80 bits per heavy atom. The summed E-state index contributed by atoms with van der Waals surface area (Å²) < 4.78 is 11.3. The molecule has 4 heteroatoms. The van der Waals surface area contributed by atoms with Crippen LogP contribution < -0.4 is 0 Å². The highest BCUT2D eigenvalue weighted by atomic mass is 16.5. The van der Waals surface area contributed by atoms with Gasteiger partial charge in [-0.3, -0.25) is 0 Å². The van der Waals surface area contributed by atoms with Crippen molar-refractivity contribution in [3.05, 3.63) is 12.2 Å². The molecule has 0 N–H and O–H groups in total. The monoisotopic (exact) mass is 412 g/mol. The summed E-state index contributed by atoms with van der Waals surface area (Å²) in [5, 5.41) is 0. The van der Waals surface area contributed by atoms with E-state index in [4.69, 9.17) is 9.47 Å². The summed E-state index contributed by atoms with van der Waals surface area (Å²) in [6.07, 6.45) is 6.78. The number of carbonyl (C=O) groups excluding carboxylic acids is 2. The van der Waals surface area contributed by atoms with Gasteiger partial charge in [-0.1, -0.05) is 47.5 Å². The minimum atomic E-state index is -0.510. The largest absolute Gasteiger partial charge is 0.459 e. The first kappa shape index (κ1) is 21.5. The topological polar surface area (TPSA) is 52.6 Å². The number of fused-ring (bicyclic) bond motifs is 2. The lowest BCUT2D eigenvalue weighted by molar-refractivity contribution is -0.147. The minimum absolute atomic E-state index is 0.0219. The van der Waals surface area contributed by atoms with Crippen LogP contribution in [0.15, 0.2) is 12.2 Å². The highest BCUT2D eigenvalue weighted by Crippen LogP contribution is 2.66. The SMILES string of the molecule is C[C@@H]1CC2C(C[C@H]1OC(=O)C#C/C=C/C(=O)O[C@@H]1CC3C(C[C@H]1C)C3(C)C)C2(C)C. The molecule has 164 valence electrons. The van der Waals surface area contributed by atoms with Crippen LogP contribution >= 0.6 is 0 Å². The van der Waals surface area contributed by atoms with Gasteiger partial charge in [0.2, 0.25) is 0 Å². The van der Waals surface area contributed by atoms with Crippen molar-refractivity contribution in [2.24, 2.45) is 46.3 Å². The Bertz CT molecular complexity index is 811. The van der Waals surface area contributed by atoms with Crippen LogP contribution in [0.2, 0.25) is 0 Å². The predicted octanol–water partition coefficient (Wildman–Crippen LogP) is 4.77. The molecular formula is C26H36O4. The highest BCUT2D eigenvalue weighted by molar-refractivity contribution is 5.89. The number of allylic oxidation sites excluding steroid dienone is 1. The van der Waals surface area contributed by atoms with E-state index in [9.17, 15) is 9.59 Å². The van der Waals surface area contributed by atoms with Gasteiger partial charge < -0.3 is 9.47 Å². The first-order chi connectivity index (χ1) is 14.0. The van der Waals surface area contributed by atoms with E-state index in [0.29, 0.717) is 34.5 Å². The third-order valence-corrected chi connectivity index (χ3v) is 9.07. The molecule has 4 nitrogen and oxygen atoms in total. The van der Waals surface area contributed by atoms with Crippen molar-refractivity contribution >= 4 is 11.9 Å². The summed E-state index contributed by atoms with van der Waals surface area (Å²) in [5.74, 6) is 7.87. The molecule has 8 atom stereocenters. The van der Waals surface area contributed by atoms with E-state index in [1.54, 1.807) is 0 Å². The molecule has 30 heavy (non-hydrogen) atoms. The molecule has 4 aliphatic carbocycles. The van der Waals surface area contributed by atoms with Crippen molar-refractivity contribution in [2.75, 3.05) is 0 Å². The third kappa shape index (κ3) is 3.93. The molecule has 4 fully saturated rings. The summed E-state index contributed by atoms with van der Waals surface area (Å²) in [4.78, 5) is 24.3. The van der Waals surface area contributed by atoms with E-state index in [1.165, 1.54) is 12.2 Å². The maximum absolute atomic E-state index is 12.2. The first-order valence-electron chi connectivity index (χ1n) is 11.6. The zero-order valence-electron chi connectivity index (χ0n) is 19.2. The number of carbonyl (C=O) groups is 2. The second-order valence-corrected chi connectivity index (χ2v) is 11.5. The van der Waals surface area contributed by atoms with Gasteiger partial charge in [-0.25, -0.2) is 9.59 Å².